The highest BCUT2D eigenvalue weighted by Gasteiger charge is 2.39. The third-order valence-corrected chi connectivity index (χ3v) is 5.69. The number of hydrogen-bond donors (Lipinski definition) is 0. The fraction of sp³-hybridized carbons (Fsp3) is 0.545. The van der Waals surface area contributed by atoms with Crippen LogP contribution >= 0.6 is 27.5 Å². The molecule has 1 saturated carbocycles. The maximum atomic E-state index is 11.7. The Morgan fingerprint density at radius 1 is 1.50 bits per heavy atom. The van der Waals surface area contributed by atoms with Crippen LogP contribution in [-0.4, -0.2) is 31.0 Å². The first-order valence-electron chi connectivity index (χ1n) is 5.54. The van der Waals surface area contributed by atoms with Crippen LogP contribution in [0.2, 0.25) is 5.02 Å². The topological polar surface area (TPSA) is 50.3 Å². The molecule has 0 saturated heterocycles. The predicted octanol–water partition coefficient (Wildman–Crippen LogP) is 2.84. The second kappa shape index (κ2) is 5.07. The zero-order valence-corrected chi connectivity index (χ0v) is 13.3. The first kappa shape index (κ1) is 14.2. The molecule has 7 heteroatoms. The van der Waals surface area contributed by atoms with Crippen LogP contribution in [0.25, 0.3) is 0 Å². The standard InChI is InChI=1S/C11H14BrClN2O2S/c1-15(18(2,16)17)11(7-3-4-7)8-5-14-6-9(12)10(8)13/h5-7,11H,3-4H2,1-2H3. The third kappa shape index (κ3) is 2.87. The maximum absolute atomic E-state index is 11.7. The molecule has 0 N–H and O–H groups in total. The molecular weight excluding hydrogens is 340 g/mol. The Labute approximate surface area is 121 Å². The van der Waals surface area contributed by atoms with Crippen molar-refractivity contribution in [1.82, 2.24) is 9.29 Å². The van der Waals surface area contributed by atoms with Crippen molar-refractivity contribution in [3.63, 3.8) is 0 Å². The molecule has 1 aliphatic carbocycles. The SMILES string of the molecule is CN(C(c1cncc(Br)c1Cl)C1CC1)S(C)(=O)=O. The highest BCUT2D eigenvalue weighted by molar-refractivity contribution is 9.10. The van der Waals surface area contributed by atoms with Gasteiger partial charge in [0.1, 0.15) is 0 Å². The van der Waals surface area contributed by atoms with Gasteiger partial charge in [0.15, 0.2) is 0 Å². The minimum absolute atomic E-state index is 0.225. The van der Waals surface area contributed by atoms with Gasteiger partial charge in [0.25, 0.3) is 0 Å². The highest BCUT2D eigenvalue weighted by atomic mass is 79.9. The van der Waals surface area contributed by atoms with Crippen molar-refractivity contribution >= 4 is 37.6 Å². The van der Waals surface area contributed by atoms with E-state index in [2.05, 4.69) is 20.9 Å². The molecule has 1 aromatic heterocycles. The van der Waals surface area contributed by atoms with E-state index in [0.717, 1.165) is 18.4 Å². The smallest absolute Gasteiger partial charge is 0.211 e. The summed E-state index contributed by atoms with van der Waals surface area (Å²) in [4.78, 5) is 4.09. The second-order valence-corrected chi connectivity index (χ2v) is 7.86. The summed E-state index contributed by atoms with van der Waals surface area (Å²) in [6.45, 7) is 0. The molecule has 1 unspecified atom stereocenters. The zero-order chi connectivity index (χ0) is 13.5. The van der Waals surface area contributed by atoms with Crippen molar-refractivity contribution in [2.24, 2.45) is 5.92 Å². The molecule has 1 aliphatic rings. The molecule has 18 heavy (non-hydrogen) atoms. The lowest BCUT2D eigenvalue weighted by atomic mass is 10.0. The fourth-order valence-electron chi connectivity index (χ4n) is 2.01. The van der Waals surface area contributed by atoms with E-state index >= 15 is 0 Å². The lowest BCUT2D eigenvalue weighted by Gasteiger charge is -2.27. The minimum Gasteiger partial charge on any atom is -0.263 e. The Morgan fingerprint density at radius 3 is 2.61 bits per heavy atom. The summed E-state index contributed by atoms with van der Waals surface area (Å²) in [5.74, 6) is 0.332. The van der Waals surface area contributed by atoms with Crippen LogP contribution in [0, 0.1) is 5.92 Å². The lowest BCUT2D eigenvalue weighted by Crippen LogP contribution is -2.31. The van der Waals surface area contributed by atoms with Crippen molar-refractivity contribution in [1.29, 1.82) is 0 Å². The van der Waals surface area contributed by atoms with Crippen LogP contribution < -0.4 is 0 Å². The molecule has 1 aromatic rings. The van der Waals surface area contributed by atoms with Gasteiger partial charge in [-0.25, -0.2) is 8.42 Å². The first-order valence-corrected chi connectivity index (χ1v) is 8.56. The van der Waals surface area contributed by atoms with E-state index in [1.807, 2.05) is 0 Å². The Hall–Kier alpha value is -0.170. The summed E-state index contributed by atoms with van der Waals surface area (Å²) in [5, 5.41) is 0.539. The highest BCUT2D eigenvalue weighted by Crippen LogP contribution is 2.47. The van der Waals surface area contributed by atoms with Gasteiger partial charge in [0.05, 0.1) is 21.8 Å². The van der Waals surface area contributed by atoms with Crippen molar-refractivity contribution in [3.8, 4) is 0 Å². The van der Waals surface area contributed by atoms with E-state index < -0.39 is 10.0 Å². The predicted molar refractivity (Wildman–Crippen MR) is 75.0 cm³/mol. The van der Waals surface area contributed by atoms with Gasteiger partial charge in [0, 0.05) is 25.0 Å². The van der Waals surface area contributed by atoms with E-state index in [4.69, 9.17) is 11.6 Å². The molecule has 1 fully saturated rings. The molecule has 0 amide bonds. The summed E-state index contributed by atoms with van der Waals surface area (Å²) in [5.41, 5.74) is 0.765. The van der Waals surface area contributed by atoms with E-state index in [1.165, 1.54) is 10.6 Å². The average Bonchev–Trinajstić information content (AvgIpc) is 3.07. The number of sulfonamides is 1. The Kier molecular flexibility index (Phi) is 4.02. The first-order chi connectivity index (χ1) is 8.32. The van der Waals surface area contributed by atoms with Gasteiger partial charge in [-0.1, -0.05) is 11.6 Å². The quantitative estimate of drug-likeness (QED) is 0.836. The third-order valence-electron chi connectivity index (χ3n) is 3.17. The van der Waals surface area contributed by atoms with Crippen LogP contribution in [0.4, 0.5) is 0 Å². The maximum Gasteiger partial charge on any atom is 0.211 e. The van der Waals surface area contributed by atoms with E-state index in [-0.39, 0.29) is 6.04 Å². The molecule has 1 heterocycles. The summed E-state index contributed by atoms with van der Waals surface area (Å²) >= 11 is 9.57. The van der Waals surface area contributed by atoms with Gasteiger partial charge in [-0.15, -0.1) is 0 Å². The number of rotatable bonds is 4. The molecule has 0 aromatic carbocycles. The molecular formula is C11H14BrClN2O2S. The fourth-order valence-corrected chi connectivity index (χ4v) is 3.26. The summed E-state index contributed by atoms with van der Waals surface area (Å²) < 4.78 is 25.5. The van der Waals surface area contributed by atoms with Crippen molar-refractivity contribution in [2.45, 2.75) is 18.9 Å². The zero-order valence-electron chi connectivity index (χ0n) is 10.1. The second-order valence-electron chi connectivity index (χ2n) is 4.59. The Morgan fingerprint density at radius 2 is 2.11 bits per heavy atom. The van der Waals surface area contributed by atoms with E-state index in [1.54, 1.807) is 19.4 Å². The van der Waals surface area contributed by atoms with Crippen molar-refractivity contribution in [3.05, 3.63) is 27.5 Å². The molecule has 4 nitrogen and oxygen atoms in total. The number of pyridine rings is 1. The summed E-state index contributed by atoms with van der Waals surface area (Å²) in [6, 6.07) is -0.225. The molecule has 1 atom stereocenters. The van der Waals surface area contributed by atoms with Crippen LogP contribution in [0.5, 0.6) is 0 Å². The van der Waals surface area contributed by atoms with Crippen LogP contribution in [0.15, 0.2) is 16.9 Å². The number of nitrogens with zero attached hydrogens (tertiary/aromatic N) is 2. The van der Waals surface area contributed by atoms with Gasteiger partial charge in [-0.3, -0.25) is 4.98 Å². The Balaban J connectivity index is 2.45. The van der Waals surface area contributed by atoms with Crippen LogP contribution in [0.1, 0.15) is 24.4 Å². The Bertz CT molecular complexity index is 560. The van der Waals surface area contributed by atoms with Gasteiger partial charge >= 0.3 is 0 Å². The van der Waals surface area contributed by atoms with E-state index in [9.17, 15) is 8.42 Å². The minimum atomic E-state index is -3.25. The number of hydrogen-bond acceptors (Lipinski definition) is 3. The van der Waals surface area contributed by atoms with Gasteiger partial charge in [-0.2, -0.15) is 4.31 Å². The van der Waals surface area contributed by atoms with Crippen molar-refractivity contribution in [2.75, 3.05) is 13.3 Å². The van der Waals surface area contributed by atoms with Crippen LogP contribution in [-0.2, 0) is 10.0 Å². The van der Waals surface area contributed by atoms with Gasteiger partial charge < -0.3 is 0 Å². The molecule has 0 spiro atoms. The summed E-state index contributed by atoms with van der Waals surface area (Å²) in [6.07, 6.45) is 6.51. The largest absolute Gasteiger partial charge is 0.263 e. The number of aromatic nitrogens is 1. The molecule has 0 radical (unpaired) electrons. The van der Waals surface area contributed by atoms with Crippen LogP contribution in [0.3, 0.4) is 0 Å². The van der Waals surface area contributed by atoms with Gasteiger partial charge in [0.2, 0.25) is 10.0 Å². The molecule has 0 bridgehead atoms. The van der Waals surface area contributed by atoms with Gasteiger partial charge in [-0.05, 0) is 34.7 Å². The normalized spacial score (nSPS) is 18.1. The molecule has 2 rings (SSSR count). The molecule has 100 valence electrons. The summed E-state index contributed by atoms with van der Waals surface area (Å²) in [7, 11) is -1.66. The number of halogens is 2. The average molecular weight is 354 g/mol. The molecule has 0 aliphatic heterocycles. The monoisotopic (exact) mass is 352 g/mol. The van der Waals surface area contributed by atoms with E-state index in [0.29, 0.717) is 15.4 Å². The van der Waals surface area contributed by atoms with Crippen molar-refractivity contribution < 1.29 is 8.42 Å². The lowest BCUT2D eigenvalue weighted by molar-refractivity contribution is 0.344.